The molecular formula is C15H11NO. The smallest absolute Gasteiger partial charge is 0.136 e. The summed E-state index contributed by atoms with van der Waals surface area (Å²) in [6, 6.07) is 12.1. The first-order valence-corrected chi connectivity index (χ1v) is 5.54. The zero-order valence-electron chi connectivity index (χ0n) is 9.74. The normalized spacial score (nSPS) is 10.9. The van der Waals surface area contributed by atoms with Gasteiger partial charge in [-0.15, -0.1) is 0 Å². The molecule has 0 unspecified atom stereocenters. The van der Waals surface area contributed by atoms with E-state index < -0.39 is 0 Å². The monoisotopic (exact) mass is 221 g/mol. The Balaban J connectivity index is 2.61. The minimum Gasteiger partial charge on any atom is -0.456 e. The molecule has 0 radical (unpaired) electrons. The Hall–Kier alpha value is -2.27. The summed E-state index contributed by atoms with van der Waals surface area (Å²) in [5.74, 6) is 0. The lowest BCUT2D eigenvalue weighted by Gasteiger charge is -2.02. The number of para-hydroxylation sites is 1. The molecule has 82 valence electrons. The van der Waals surface area contributed by atoms with Gasteiger partial charge >= 0.3 is 0 Å². The molecule has 0 saturated heterocycles. The first-order valence-electron chi connectivity index (χ1n) is 5.54. The van der Waals surface area contributed by atoms with Crippen LogP contribution in [0.25, 0.3) is 21.9 Å². The van der Waals surface area contributed by atoms with E-state index in [1.165, 1.54) is 0 Å². The summed E-state index contributed by atoms with van der Waals surface area (Å²) in [4.78, 5) is 0. The molecule has 0 N–H and O–H groups in total. The first kappa shape index (κ1) is 9.92. The van der Waals surface area contributed by atoms with E-state index in [1.807, 2.05) is 44.2 Å². The van der Waals surface area contributed by atoms with Gasteiger partial charge in [-0.05, 0) is 37.1 Å². The van der Waals surface area contributed by atoms with E-state index in [0.29, 0.717) is 0 Å². The molecule has 0 atom stereocenters. The van der Waals surface area contributed by atoms with Gasteiger partial charge in [-0.25, -0.2) is 0 Å². The Labute approximate surface area is 99.1 Å². The van der Waals surface area contributed by atoms with E-state index >= 15 is 0 Å². The van der Waals surface area contributed by atoms with E-state index in [1.54, 1.807) is 0 Å². The molecule has 1 aromatic heterocycles. The summed E-state index contributed by atoms with van der Waals surface area (Å²) in [5, 5.41) is 11.3. The van der Waals surface area contributed by atoms with Gasteiger partial charge in [0.15, 0.2) is 0 Å². The number of hydrogen-bond acceptors (Lipinski definition) is 2. The van der Waals surface area contributed by atoms with Crippen LogP contribution in [-0.4, -0.2) is 0 Å². The number of nitrogens with zero attached hydrogens (tertiary/aromatic N) is 1. The van der Waals surface area contributed by atoms with Gasteiger partial charge in [0.25, 0.3) is 0 Å². The van der Waals surface area contributed by atoms with Gasteiger partial charge in [-0.3, -0.25) is 0 Å². The van der Waals surface area contributed by atoms with E-state index in [-0.39, 0.29) is 0 Å². The standard InChI is InChI=1S/C15H11NO/c1-9-7-14-15(10(2)12(9)8-16)11-5-3-4-6-13(11)17-14/h3-7H,1-2H3. The second kappa shape index (κ2) is 3.36. The van der Waals surface area contributed by atoms with Gasteiger partial charge in [0.05, 0.1) is 11.6 Å². The number of rotatable bonds is 0. The van der Waals surface area contributed by atoms with Crippen LogP contribution in [0.1, 0.15) is 16.7 Å². The average Bonchev–Trinajstić information content (AvgIpc) is 2.67. The Bertz CT molecular complexity index is 775. The molecule has 2 aromatic carbocycles. The summed E-state index contributed by atoms with van der Waals surface area (Å²) in [5.41, 5.74) is 4.47. The van der Waals surface area contributed by atoms with Crippen LogP contribution in [0.2, 0.25) is 0 Å². The van der Waals surface area contributed by atoms with Crippen molar-refractivity contribution in [2.45, 2.75) is 13.8 Å². The van der Waals surface area contributed by atoms with E-state index in [4.69, 9.17) is 4.42 Å². The lowest BCUT2D eigenvalue weighted by Crippen LogP contribution is -1.88. The summed E-state index contributed by atoms with van der Waals surface area (Å²) in [6.07, 6.45) is 0. The Morgan fingerprint density at radius 3 is 2.65 bits per heavy atom. The molecule has 0 saturated carbocycles. The summed E-state index contributed by atoms with van der Waals surface area (Å²) < 4.78 is 5.80. The third-order valence-electron chi connectivity index (χ3n) is 3.23. The number of hydrogen-bond donors (Lipinski definition) is 0. The van der Waals surface area contributed by atoms with Crippen LogP contribution in [0.15, 0.2) is 34.7 Å². The maximum atomic E-state index is 9.19. The molecule has 3 rings (SSSR count). The Morgan fingerprint density at radius 1 is 1.12 bits per heavy atom. The minimum atomic E-state index is 0.754. The van der Waals surface area contributed by atoms with Crippen molar-refractivity contribution in [2.24, 2.45) is 0 Å². The highest BCUT2D eigenvalue weighted by Crippen LogP contribution is 2.33. The maximum absolute atomic E-state index is 9.19. The fourth-order valence-electron chi connectivity index (χ4n) is 2.41. The van der Waals surface area contributed by atoms with Crippen LogP contribution in [0, 0.1) is 25.2 Å². The zero-order chi connectivity index (χ0) is 12.0. The van der Waals surface area contributed by atoms with E-state index in [2.05, 4.69) is 6.07 Å². The highest BCUT2D eigenvalue weighted by Gasteiger charge is 2.13. The van der Waals surface area contributed by atoms with Crippen molar-refractivity contribution in [3.63, 3.8) is 0 Å². The molecule has 2 heteroatoms. The van der Waals surface area contributed by atoms with Crippen LogP contribution in [0.3, 0.4) is 0 Å². The Morgan fingerprint density at radius 2 is 1.88 bits per heavy atom. The van der Waals surface area contributed by atoms with Gasteiger partial charge in [-0.2, -0.15) is 5.26 Å². The fourth-order valence-corrected chi connectivity index (χ4v) is 2.41. The van der Waals surface area contributed by atoms with Crippen LogP contribution >= 0.6 is 0 Å². The molecule has 0 aliphatic rings. The Kier molecular flexibility index (Phi) is 1.96. The number of furan rings is 1. The molecule has 0 fully saturated rings. The van der Waals surface area contributed by atoms with Crippen LogP contribution < -0.4 is 0 Å². The van der Waals surface area contributed by atoms with Crippen LogP contribution in [0.4, 0.5) is 0 Å². The molecule has 3 aromatic rings. The lowest BCUT2D eigenvalue weighted by molar-refractivity contribution is 0.668. The average molecular weight is 221 g/mol. The third kappa shape index (κ3) is 1.26. The number of aryl methyl sites for hydroxylation is 2. The van der Waals surface area contributed by atoms with Gasteiger partial charge in [0.1, 0.15) is 11.2 Å². The fraction of sp³-hybridized carbons (Fsp3) is 0.133. The van der Waals surface area contributed by atoms with Crippen molar-refractivity contribution in [1.82, 2.24) is 0 Å². The van der Waals surface area contributed by atoms with Crippen molar-refractivity contribution >= 4 is 21.9 Å². The van der Waals surface area contributed by atoms with Crippen LogP contribution in [-0.2, 0) is 0 Å². The largest absolute Gasteiger partial charge is 0.456 e. The minimum absolute atomic E-state index is 0.754. The highest BCUT2D eigenvalue weighted by atomic mass is 16.3. The molecule has 2 nitrogen and oxygen atoms in total. The van der Waals surface area contributed by atoms with E-state index in [0.717, 1.165) is 38.6 Å². The highest BCUT2D eigenvalue weighted by molar-refractivity contribution is 6.07. The quantitative estimate of drug-likeness (QED) is 0.573. The molecule has 1 heterocycles. The SMILES string of the molecule is Cc1cc2oc3ccccc3c2c(C)c1C#N. The van der Waals surface area contributed by atoms with Crippen molar-refractivity contribution < 1.29 is 4.42 Å². The molecule has 0 amide bonds. The first-order chi connectivity index (χ1) is 8.22. The summed E-state index contributed by atoms with van der Waals surface area (Å²) >= 11 is 0. The van der Waals surface area contributed by atoms with Gasteiger partial charge in [0, 0.05) is 10.8 Å². The molecule has 0 aliphatic heterocycles. The predicted molar refractivity (Wildman–Crippen MR) is 67.9 cm³/mol. The van der Waals surface area contributed by atoms with Crippen molar-refractivity contribution in [3.05, 3.63) is 47.0 Å². The maximum Gasteiger partial charge on any atom is 0.136 e. The lowest BCUT2D eigenvalue weighted by atomic mass is 9.98. The second-order valence-corrected chi connectivity index (χ2v) is 4.28. The molecule has 0 bridgehead atoms. The van der Waals surface area contributed by atoms with Gasteiger partial charge in [-0.1, -0.05) is 18.2 Å². The summed E-state index contributed by atoms with van der Waals surface area (Å²) in [6.45, 7) is 3.92. The third-order valence-corrected chi connectivity index (χ3v) is 3.23. The van der Waals surface area contributed by atoms with Gasteiger partial charge < -0.3 is 4.42 Å². The van der Waals surface area contributed by atoms with Crippen molar-refractivity contribution in [2.75, 3.05) is 0 Å². The van der Waals surface area contributed by atoms with Crippen molar-refractivity contribution in [1.29, 1.82) is 5.26 Å². The van der Waals surface area contributed by atoms with E-state index in [9.17, 15) is 5.26 Å². The second-order valence-electron chi connectivity index (χ2n) is 4.28. The van der Waals surface area contributed by atoms with Crippen LogP contribution in [0.5, 0.6) is 0 Å². The number of benzene rings is 2. The van der Waals surface area contributed by atoms with Gasteiger partial charge in [0.2, 0.25) is 0 Å². The van der Waals surface area contributed by atoms with Crippen molar-refractivity contribution in [3.8, 4) is 6.07 Å². The predicted octanol–water partition coefficient (Wildman–Crippen LogP) is 4.07. The molecular weight excluding hydrogens is 210 g/mol. The number of nitriles is 1. The molecule has 0 spiro atoms. The topological polar surface area (TPSA) is 36.9 Å². The zero-order valence-corrected chi connectivity index (χ0v) is 9.74. The summed E-state index contributed by atoms with van der Waals surface area (Å²) in [7, 11) is 0. The molecule has 17 heavy (non-hydrogen) atoms. The molecule has 0 aliphatic carbocycles. The number of fused-ring (bicyclic) bond motifs is 3.